The van der Waals surface area contributed by atoms with Crippen molar-refractivity contribution < 1.29 is 4.74 Å². The molecule has 0 radical (unpaired) electrons. The fourth-order valence-corrected chi connectivity index (χ4v) is 2.94. The molecule has 2 aromatic rings. The second-order valence-corrected chi connectivity index (χ2v) is 6.58. The quantitative estimate of drug-likeness (QED) is 0.529. The summed E-state index contributed by atoms with van der Waals surface area (Å²) in [5.41, 5.74) is 7.95. The summed E-state index contributed by atoms with van der Waals surface area (Å²) in [6, 6.07) is 12.0. The van der Waals surface area contributed by atoms with E-state index < -0.39 is 0 Å². The molecular formula is C24H26O. The summed E-state index contributed by atoms with van der Waals surface area (Å²) in [6.45, 7) is 24.4. The van der Waals surface area contributed by atoms with Crippen LogP contribution in [0.4, 0.5) is 0 Å². The summed E-state index contributed by atoms with van der Waals surface area (Å²) in [4.78, 5) is 0. The van der Waals surface area contributed by atoms with Crippen molar-refractivity contribution in [3.8, 4) is 11.5 Å². The Morgan fingerprint density at radius 1 is 0.600 bits per heavy atom. The van der Waals surface area contributed by atoms with E-state index in [0.29, 0.717) is 0 Å². The van der Waals surface area contributed by atoms with Gasteiger partial charge in [0.05, 0.1) is 0 Å². The lowest BCUT2D eigenvalue weighted by Gasteiger charge is -2.19. The molecule has 0 N–H and O–H groups in total. The van der Waals surface area contributed by atoms with E-state index in [1.54, 1.807) is 0 Å². The van der Waals surface area contributed by atoms with Crippen LogP contribution in [0.25, 0.3) is 22.3 Å². The Balaban J connectivity index is 2.66. The van der Waals surface area contributed by atoms with E-state index in [-0.39, 0.29) is 0 Å². The van der Waals surface area contributed by atoms with Crippen LogP contribution in [-0.2, 0) is 0 Å². The van der Waals surface area contributed by atoms with E-state index in [2.05, 4.69) is 26.3 Å². The molecule has 1 heteroatoms. The zero-order chi connectivity index (χ0) is 18.7. The van der Waals surface area contributed by atoms with Crippen molar-refractivity contribution in [1.29, 1.82) is 0 Å². The van der Waals surface area contributed by atoms with Crippen LogP contribution in [0.5, 0.6) is 11.5 Å². The van der Waals surface area contributed by atoms with Crippen molar-refractivity contribution in [2.24, 2.45) is 0 Å². The second kappa shape index (κ2) is 7.40. The zero-order valence-corrected chi connectivity index (χ0v) is 15.7. The Morgan fingerprint density at radius 3 is 1.24 bits per heavy atom. The summed E-state index contributed by atoms with van der Waals surface area (Å²) in [7, 11) is 0. The highest BCUT2D eigenvalue weighted by molar-refractivity contribution is 5.82. The van der Waals surface area contributed by atoms with Gasteiger partial charge >= 0.3 is 0 Å². The van der Waals surface area contributed by atoms with Crippen LogP contribution in [0.15, 0.2) is 62.7 Å². The molecule has 0 aromatic heterocycles. The van der Waals surface area contributed by atoms with Crippen molar-refractivity contribution in [3.63, 3.8) is 0 Å². The lowest BCUT2D eigenvalue weighted by molar-refractivity contribution is 0.479. The highest BCUT2D eigenvalue weighted by Crippen LogP contribution is 2.39. The lowest BCUT2D eigenvalue weighted by Crippen LogP contribution is -1.98. The predicted octanol–water partition coefficient (Wildman–Crippen LogP) is 7.61. The fraction of sp³-hybridized carbons (Fsp3) is 0.167. The normalized spacial score (nSPS) is 10.2. The van der Waals surface area contributed by atoms with E-state index >= 15 is 0 Å². The average molecular weight is 330 g/mol. The maximum atomic E-state index is 6.34. The van der Waals surface area contributed by atoms with E-state index in [1.165, 1.54) is 0 Å². The first-order valence-electron chi connectivity index (χ1n) is 8.31. The Hall–Kier alpha value is -2.80. The Labute approximate surface area is 151 Å². The average Bonchev–Trinajstić information content (AvgIpc) is 2.53. The van der Waals surface area contributed by atoms with Crippen LogP contribution < -0.4 is 4.74 Å². The van der Waals surface area contributed by atoms with Crippen molar-refractivity contribution in [2.45, 2.75) is 27.7 Å². The topological polar surface area (TPSA) is 9.23 Å². The molecule has 2 rings (SSSR count). The summed E-state index contributed by atoms with van der Waals surface area (Å²) in [5.74, 6) is 1.55. The largest absolute Gasteiger partial charge is 0.456 e. The molecule has 0 aliphatic carbocycles. The Bertz CT molecular complexity index is 807. The van der Waals surface area contributed by atoms with Crippen LogP contribution in [0.2, 0.25) is 0 Å². The predicted molar refractivity (Wildman–Crippen MR) is 112 cm³/mol. The van der Waals surface area contributed by atoms with Gasteiger partial charge in [-0.2, -0.15) is 0 Å². The van der Waals surface area contributed by atoms with Gasteiger partial charge < -0.3 is 4.74 Å². The third-order valence-corrected chi connectivity index (χ3v) is 4.05. The van der Waals surface area contributed by atoms with Gasteiger partial charge in [0.2, 0.25) is 0 Å². The lowest BCUT2D eigenvalue weighted by atomic mass is 9.95. The molecule has 0 aliphatic heterocycles. The molecule has 0 fully saturated rings. The minimum atomic E-state index is 0.773. The first-order chi connectivity index (χ1) is 11.7. The van der Waals surface area contributed by atoms with E-state index in [1.807, 2.05) is 64.1 Å². The standard InChI is InChI=1S/C24H26O/c1-15(2)19-11-9-13-21(23(19)17(5)6)25-22-14-10-12-20(16(3)4)24(22)18(7)8/h9-14H,1,3,5,7H2,2,4,6,8H3. The van der Waals surface area contributed by atoms with Crippen LogP contribution in [0.1, 0.15) is 49.9 Å². The van der Waals surface area contributed by atoms with E-state index in [4.69, 9.17) is 4.74 Å². The van der Waals surface area contributed by atoms with Crippen molar-refractivity contribution in [3.05, 3.63) is 85.0 Å². The van der Waals surface area contributed by atoms with E-state index in [0.717, 1.165) is 56.0 Å². The monoisotopic (exact) mass is 330 g/mol. The number of allylic oxidation sites excluding steroid dienone is 4. The van der Waals surface area contributed by atoms with Gasteiger partial charge in [0.1, 0.15) is 11.5 Å². The van der Waals surface area contributed by atoms with Gasteiger partial charge in [-0.05, 0) is 62.1 Å². The molecule has 0 atom stereocenters. The Morgan fingerprint density at radius 2 is 0.960 bits per heavy atom. The molecule has 0 bridgehead atoms. The van der Waals surface area contributed by atoms with Crippen LogP contribution in [-0.4, -0.2) is 0 Å². The molecule has 1 nitrogen and oxygen atoms in total. The molecule has 2 aromatic carbocycles. The molecular weight excluding hydrogens is 304 g/mol. The molecule has 0 heterocycles. The van der Waals surface area contributed by atoms with Gasteiger partial charge in [-0.15, -0.1) is 0 Å². The first kappa shape index (κ1) is 18.5. The minimum Gasteiger partial charge on any atom is -0.456 e. The smallest absolute Gasteiger partial charge is 0.135 e. The molecule has 0 saturated heterocycles. The molecule has 0 saturated carbocycles. The molecule has 0 unspecified atom stereocenters. The minimum absolute atomic E-state index is 0.773. The number of hydrogen-bond acceptors (Lipinski definition) is 1. The van der Waals surface area contributed by atoms with Gasteiger partial charge in [0, 0.05) is 11.1 Å². The van der Waals surface area contributed by atoms with Gasteiger partial charge in [0.25, 0.3) is 0 Å². The maximum absolute atomic E-state index is 6.34. The number of benzene rings is 2. The highest BCUT2D eigenvalue weighted by Gasteiger charge is 2.16. The molecule has 0 spiro atoms. The molecule has 128 valence electrons. The van der Waals surface area contributed by atoms with Gasteiger partial charge in [0.15, 0.2) is 0 Å². The van der Waals surface area contributed by atoms with Crippen LogP contribution >= 0.6 is 0 Å². The van der Waals surface area contributed by atoms with Crippen molar-refractivity contribution >= 4 is 22.3 Å². The van der Waals surface area contributed by atoms with Gasteiger partial charge in [-0.3, -0.25) is 0 Å². The van der Waals surface area contributed by atoms with Crippen molar-refractivity contribution in [1.82, 2.24) is 0 Å². The highest BCUT2D eigenvalue weighted by atomic mass is 16.5. The number of rotatable bonds is 6. The van der Waals surface area contributed by atoms with Crippen LogP contribution in [0, 0.1) is 0 Å². The summed E-state index contributed by atoms with van der Waals surface area (Å²) >= 11 is 0. The SMILES string of the molecule is C=C(C)c1cccc(Oc2cccc(C(=C)C)c2C(=C)C)c1C(=C)C. The third-order valence-electron chi connectivity index (χ3n) is 4.05. The molecule has 0 amide bonds. The summed E-state index contributed by atoms with van der Waals surface area (Å²) < 4.78 is 6.34. The van der Waals surface area contributed by atoms with Crippen LogP contribution in [0.3, 0.4) is 0 Å². The summed E-state index contributed by atoms with van der Waals surface area (Å²) in [6.07, 6.45) is 0. The maximum Gasteiger partial charge on any atom is 0.135 e. The van der Waals surface area contributed by atoms with E-state index in [9.17, 15) is 0 Å². The van der Waals surface area contributed by atoms with Crippen molar-refractivity contribution in [2.75, 3.05) is 0 Å². The van der Waals surface area contributed by atoms with Gasteiger partial charge in [-0.25, -0.2) is 0 Å². The first-order valence-corrected chi connectivity index (χ1v) is 8.31. The number of hydrogen-bond donors (Lipinski definition) is 0. The number of ether oxygens (including phenoxy) is 1. The third kappa shape index (κ3) is 3.83. The summed E-state index contributed by atoms with van der Waals surface area (Å²) in [5, 5.41) is 0. The van der Waals surface area contributed by atoms with Gasteiger partial charge in [-0.1, -0.05) is 61.7 Å². The molecule has 25 heavy (non-hydrogen) atoms. The fourth-order valence-electron chi connectivity index (χ4n) is 2.94. The molecule has 0 aliphatic rings. The Kier molecular flexibility index (Phi) is 5.48. The second-order valence-electron chi connectivity index (χ2n) is 6.58. The zero-order valence-electron chi connectivity index (χ0n) is 15.7.